The number of alkyl carbamates (subject to hydrolysis) is 1. The highest BCUT2D eigenvalue weighted by Gasteiger charge is 2.35. The zero-order valence-electron chi connectivity index (χ0n) is 30.0. The van der Waals surface area contributed by atoms with E-state index in [1.807, 2.05) is 85.7 Å². The van der Waals surface area contributed by atoms with E-state index in [2.05, 4.69) is 21.3 Å². The van der Waals surface area contributed by atoms with Gasteiger partial charge >= 0.3 is 6.09 Å². The van der Waals surface area contributed by atoms with Crippen LogP contribution in [0.5, 0.6) is 0 Å². The van der Waals surface area contributed by atoms with Crippen LogP contribution in [0, 0.1) is 5.92 Å². The van der Waals surface area contributed by atoms with E-state index < -0.39 is 53.6 Å². The topological polar surface area (TPSA) is 161 Å². The molecule has 2 atom stereocenters. The van der Waals surface area contributed by atoms with Gasteiger partial charge < -0.3 is 40.3 Å². The summed E-state index contributed by atoms with van der Waals surface area (Å²) in [6, 6.07) is 7.43. The predicted molar refractivity (Wildman–Crippen MR) is 183 cm³/mol. The largest absolute Gasteiger partial charge is 0.446 e. The van der Waals surface area contributed by atoms with Crippen molar-refractivity contribution in [2.45, 2.75) is 117 Å². The van der Waals surface area contributed by atoms with Crippen LogP contribution >= 0.6 is 0 Å². The molecular weight excluding hydrogens is 604 g/mol. The molecule has 4 amide bonds. The van der Waals surface area contributed by atoms with Gasteiger partial charge in [0, 0.05) is 13.5 Å². The third-order valence-corrected chi connectivity index (χ3v) is 8.11. The van der Waals surface area contributed by atoms with Crippen LogP contribution in [-0.2, 0) is 39.8 Å². The quantitative estimate of drug-likeness (QED) is 0.135. The van der Waals surface area contributed by atoms with Crippen LogP contribution in [0.4, 0.5) is 4.79 Å². The normalized spacial score (nSPS) is 12.6. The number of aldehydes is 1. The molecule has 12 heteroatoms. The first-order chi connectivity index (χ1) is 22.4. The Labute approximate surface area is 281 Å². The Hall–Kier alpha value is -3.51. The zero-order valence-corrected chi connectivity index (χ0v) is 30.0. The van der Waals surface area contributed by atoms with Gasteiger partial charge in [-0.15, -0.1) is 0 Å². The third kappa shape index (κ3) is 16.7. The van der Waals surface area contributed by atoms with E-state index in [1.165, 1.54) is 0 Å². The number of methoxy groups -OCH3 is 1. The van der Waals surface area contributed by atoms with Gasteiger partial charge in [0.15, 0.2) is 0 Å². The Bertz CT molecular complexity index is 1050. The van der Waals surface area contributed by atoms with Gasteiger partial charge in [0.25, 0.3) is 0 Å². The number of carbonyl (C=O) groups excluding carboxylic acids is 5. The van der Waals surface area contributed by atoms with Crippen molar-refractivity contribution in [3.63, 3.8) is 0 Å². The molecule has 12 nitrogen and oxygen atoms in total. The summed E-state index contributed by atoms with van der Waals surface area (Å²) in [5.74, 6) is -1.52. The molecule has 0 bridgehead atoms. The molecule has 1 unspecified atom stereocenters. The fourth-order valence-electron chi connectivity index (χ4n) is 4.67. The Morgan fingerprint density at radius 1 is 0.809 bits per heavy atom. The van der Waals surface area contributed by atoms with Gasteiger partial charge in [0.2, 0.25) is 17.7 Å². The van der Waals surface area contributed by atoms with Gasteiger partial charge in [-0.05, 0) is 43.6 Å². The average molecular weight is 665 g/mol. The molecule has 0 aromatic heterocycles. The molecule has 0 fully saturated rings. The molecule has 0 saturated heterocycles. The van der Waals surface area contributed by atoms with Gasteiger partial charge in [-0.25, -0.2) is 4.79 Å². The smallest absolute Gasteiger partial charge is 0.407 e. The molecule has 1 aromatic carbocycles. The summed E-state index contributed by atoms with van der Waals surface area (Å²) in [6.45, 7) is 15.4. The van der Waals surface area contributed by atoms with E-state index in [1.54, 1.807) is 7.11 Å². The van der Waals surface area contributed by atoms with Crippen LogP contribution in [0.25, 0.3) is 0 Å². The Kier molecular flexibility index (Phi) is 22.0. The van der Waals surface area contributed by atoms with E-state index in [0.717, 1.165) is 18.4 Å². The lowest BCUT2D eigenvalue weighted by Crippen LogP contribution is -2.51. The highest BCUT2D eigenvalue weighted by molar-refractivity contribution is 5.91. The Balaban J connectivity index is 0.0000104. The molecule has 0 aliphatic carbocycles. The van der Waals surface area contributed by atoms with E-state index in [-0.39, 0.29) is 25.5 Å². The fourth-order valence-corrected chi connectivity index (χ4v) is 4.67. The van der Waals surface area contributed by atoms with Crippen molar-refractivity contribution in [1.29, 1.82) is 0 Å². The van der Waals surface area contributed by atoms with Gasteiger partial charge in [0.05, 0.1) is 31.3 Å². The molecule has 0 spiro atoms. The third-order valence-electron chi connectivity index (χ3n) is 8.11. The molecule has 47 heavy (non-hydrogen) atoms. The Morgan fingerprint density at radius 3 is 1.89 bits per heavy atom. The number of amides is 4. The first kappa shape index (κ1) is 43.5. The van der Waals surface area contributed by atoms with Crippen molar-refractivity contribution in [2.75, 3.05) is 33.4 Å². The number of nitrogens with one attached hydrogen (secondary N) is 4. The Morgan fingerprint density at radius 2 is 1.38 bits per heavy atom. The summed E-state index contributed by atoms with van der Waals surface area (Å²) < 4.78 is 17.6. The van der Waals surface area contributed by atoms with Crippen molar-refractivity contribution >= 4 is 30.1 Å². The minimum atomic E-state index is -1.04. The fraction of sp³-hybridized carbons (Fsp3) is 0.686. The minimum Gasteiger partial charge on any atom is -0.446 e. The molecule has 0 heterocycles. The number of hydrogen-bond acceptors (Lipinski definition) is 8. The van der Waals surface area contributed by atoms with Crippen LogP contribution in [0.1, 0.15) is 93.1 Å². The number of benzene rings is 1. The molecule has 4 N–H and O–H groups in total. The molecule has 0 saturated carbocycles. The maximum atomic E-state index is 13.1. The molecule has 0 radical (unpaired) electrons. The molecule has 1 rings (SSSR count). The molecular formula is C35H60N4O8. The summed E-state index contributed by atoms with van der Waals surface area (Å²) >= 11 is 0. The summed E-state index contributed by atoms with van der Waals surface area (Å²) in [5, 5.41) is 10.1. The predicted octanol–water partition coefficient (Wildman–Crippen LogP) is 4.09. The van der Waals surface area contributed by atoms with Crippen LogP contribution < -0.4 is 21.3 Å². The zero-order chi connectivity index (χ0) is 35.9. The van der Waals surface area contributed by atoms with Crippen LogP contribution in [0.2, 0.25) is 0 Å². The molecule has 268 valence electrons. The monoisotopic (exact) mass is 664 g/mol. The van der Waals surface area contributed by atoms with Gasteiger partial charge in [-0.1, -0.05) is 85.7 Å². The van der Waals surface area contributed by atoms with Gasteiger partial charge in [-0.2, -0.15) is 0 Å². The SMILES string of the molecule is CC.CCC(CC)(COC(CC)(CC)COC(=O)N[C@@H](Cc1ccccc1)C(=O)NCC(=O)NCC(=O)NC(C=O)CC(C)C)OC. The van der Waals surface area contributed by atoms with Crippen molar-refractivity contribution in [3.8, 4) is 0 Å². The van der Waals surface area contributed by atoms with E-state index in [4.69, 9.17) is 14.2 Å². The first-order valence-corrected chi connectivity index (χ1v) is 16.9. The maximum absolute atomic E-state index is 13.1. The standard InChI is InChI=1S/C33H54N4O8.C2H6/c1-8-32(9-2,43-7)23-45-33(10-3,11-4)22-44-31(42)37-27(18-25-15-13-12-14-16-25)30(41)35-19-28(39)34-20-29(40)36-26(21-38)17-24(5)6;1-2/h12-16,21,24,26-27H,8-11,17-20,22-23H2,1-7H3,(H,34,39)(H,35,41)(H,36,40)(H,37,42);1-2H3/t26?,27-;/m0./s1. The number of rotatable bonds is 22. The second-order valence-electron chi connectivity index (χ2n) is 11.7. The number of carbonyl (C=O) groups is 5. The van der Waals surface area contributed by atoms with Crippen LogP contribution in [-0.4, -0.2) is 86.8 Å². The van der Waals surface area contributed by atoms with Gasteiger partial charge in [0.1, 0.15) is 24.5 Å². The van der Waals surface area contributed by atoms with Crippen molar-refractivity contribution < 1.29 is 38.2 Å². The van der Waals surface area contributed by atoms with Crippen molar-refractivity contribution in [3.05, 3.63) is 35.9 Å². The second kappa shape index (κ2) is 23.8. The average Bonchev–Trinajstić information content (AvgIpc) is 3.09. The summed E-state index contributed by atoms with van der Waals surface area (Å²) in [5.41, 5.74) is -0.369. The van der Waals surface area contributed by atoms with Crippen LogP contribution in [0.15, 0.2) is 30.3 Å². The lowest BCUT2D eigenvalue weighted by molar-refractivity contribution is -0.153. The maximum Gasteiger partial charge on any atom is 0.407 e. The molecule has 0 aliphatic rings. The lowest BCUT2D eigenvalue weighted by atomic mass is 9.95. The second-order valence-corrected chi connectivity index (χ2v) is 11.7. The summed E-state index contributed by atoms with van der Waals surface area (Å²) in [6.07, 6.45) is 3.23. The van der Waals surface area contributed by atoms with Crippen molar-refractivity contribution in [2.24, 2.45) is 5.92 Å². The van der Waals surface area contributed by atoms with E-state index in [0.29, 0.717) is 32.2 Å². The van der Waals surface area contributed by atoms with Crippen LogP contribution in [0.3, 0.4) is 0 Å². The minimum absolute atomic E-state index is 0.0225. The van der Waals surface area contributed by atoms with E-state index in [9.17, 15) is 24.0 Å². The first-order valence-electron chi connectivity index (χ1n) is 16.9. The number of hydrogen-bond donors (Lipinski definition) is 4. The van der Waals surface area contributed by atoms with Gasteiger partial charge in [-0.3, -0.25) is 14.4 Å². The summed E-state index contributed by atoms with van der Waals surface area (Å²) in [7, 11) is 1.66. The molecule has 1 aromatic rings. The highest BCUT2D eigenvalue weighted by atomic mass is 16.6. The number of ether oxygens (including phenoxy) is 3. The van der Waals surface area contributed by atoms with E-state index >= 15 is 0 Å². The summed E-state index contributed by atoms with van der Waals surface area (Å²) in [4.78, 5) is 61.7. The molecule has 0 aliphatic heterocycles. The highest BCUT2D eigenvalue weighted by Crippen LogP contribution is 2.27. The lowest BCUT2D eigenvalue weighted by Gasteiger charge is -2.37. The van der Waals surface area contributed by atoms with Crippen molar-refractivity contribution in [1.82, 2.24) is 21.3 Å².